The molecule has 178 valence electrons. The highest BCUT2D eigenvalue weighted by Gasteiger charge is 2.31. The van der Waals surface area contributed by atoms with Gasteiger partial charge in [-0.05, 0) is 38.1 Å². The summed E-state index contributed by atoms with van der Waals surface area (Å²) in [7, 11) is 0. The number of amides is 4. The first-order valence-corrected chi connectivity index (χ1v) is 10.4. The Kier molecular flexibility index (Phi) is 13.8. The zero-order valence-corrected chi connectivity index (χ0v) is 18.2. The highest BCUT2D eigenvalue weighted by molar-refractivity contribution is 5.93. The van der Waals surface area contributed by atoms with Crippen molar-refractivity contribution in [1.29, 1.82) is 0 Å². The second-order valence-corrected chi connectivity index (χ2v) is 7.38. The summed E-state index contributed by atoms with van der Waals surface area (Å²) < 4.78 is 0. The van der Waals surface area contributed by atoms with Gasteiger partial charge in [0.2, 0.25) is 23.6 Å². The van der Waals surface area contributed by atoms with Gasteiger partial charge in [-0.3, -0.25) is 19.2 Å². The lowest BCUT2D eigenvalue weighted by Crippen LogP contribution is -2.57. The molecule has 0 spiro atoms. The van der Waals surface area contributed by atoms with Gasteiger partial charge in [0.25, 0.3) is 0 Å². The Labute approximate surface area is 182 Å². The molecule has 0 radical (unpaired) electrons. The van der Waals surface area contributed by atoms with Gasteiger partial charge in [-0.25, -0.2) is 4.79 Å². The molecule has 31 heavy (non-hydrogen) atoms. The summed E-state index contributed by atoms with van der Waals surface area (Å²) in [6.07, 6.45) is 1.62. The lowest BCUT2D eigenvalue weighted by Gasteiger charge is -2.26. The molecule has 0 aliphatic heterocycles. The van der Waals surface area contributed by atoms with E-state index in [0.717, 1.165) is 0 Å². The molecule has 0 saturated heterocycles. The number of nitrogens with one attached hydrogen (secondary N) is 3. The van der Waals surface area contributed by atoms with E-state index in [0.29, 0.717) is 25.8 Å². The fourth-order valence-electron chi connectivity index (χ4n) is 2.78. The Bertz CT molecular complexity index is 629. The SMILES string of the molecule is CCC(C)C(NC(=O)C(CCC(N)=O)NC(=O)C(CCCCN)NC(=O)CN)C(=O)O. The molecule has 12 heteroatoms. The Hall–Kier alpha value is -2.73. The van der Waals surface area contributed by atoms with Gasteiger partial charge in [0, 0.05) is 6.42 Å². The smallest absolute Gasteiger partial charge is 0.326 e. The molecule has 0 rings (SSSR count). The summed E-state index contributed by atoms with van der Waals surface area (Å²) in [6, 6.07) is -3.34. The van der Waals surface area contributed by atoms with Gasteiger partial charge in [0.1, 0.15) is 18.1 Å². The number of hydrogen-bond donors (Lipinski definition) is 7. The van der Waals surface area contributed by atoms with Crippen LogP contribution in [0.2, 0.25) is 0 Å². The highest BCUT2D eigenvalue weighted by Crippen LogP contribution is 2.10. The molecule has 0 heterocycles. The monoisotopic (exact) mass is 444 g/mol. The second kappa shape index (κ2) is 15.1. The number of aliphatic carboxylic acids is 1. The van der Waals surface area contributed by atoms with E-state index in [1.807, 2.05) is 0 Å². The number of carboxylic acid groups (broad SMARTS) is 1. The van der Waals surface area contributed by atoms with Gasteiger partial charge < -0.3 is 38.3 Å². The molecule has 4 amide bonds. The maximum absolute atomic E-state index is 12.7. The van der Waals surface area contributed by atoms with E-state index in [9.17, 15) is 29.1 Å². The topological polar surface area (TPSA) is 220 Å². The van der Waals surface area contributed by atoms with Crippen LogP contribution in [0.25, 0.3) is 0 Å². The van der Waals surface area contributed by atoms with Crippen molar-refractivity contribution in [3.63, 3.8) is 0 Å². The van der Waals surface area contributed by atoms with Crippen LogP contribution in [-0.2, 0) is 24.0 Å². The molecule has 10 N–H and O–H groups in total. The minimum Gasteiger partial charge on any atom is -0.480 e. The van der Waals surface area contributed by atoms with Crippen molar-refractivity contribution >= 4 is 29.6 Å². The molecule has 0 aromatic rings. The zero-order chi connectivity index (χ0) is 24.0. The average Bonchev–Trinajstić information content (AvgIpc) is 2.72. The van der Waals surface area contributed by atoms with Crippen molar-refractivity contribution in [3.05, 3.63) is 0 Å². The van der Waals surface area contributed by atoms with E-state index >= 15 is 0 Å². The molecule has 0 bridgehead atoms. The third kappa shape index (κ3) is 11.3. The lowest BCUT2D eigenvalue weighted by molar-refractivity contribution is -0.144. The van der Waals surface area contributed by atoms with Crippen LogP contribution >= 0.6 is 0 Å². The van der Waals surface area contributed by atoms with E-state index in [1.54, 1.807) is 13.8 Å². The van der Waals surface area contributed by atoms with Gasteiger partial charge in [0.05, 0.1) is 6.54 Å². The molecular weight excluding hydrogens is 408 g/mol. The molecule has 0 aromatic heterocycles. The number of carbonyl (C=O) groups is 5. The summed E-state index contributed by atoms with van der Waals surface area (Å²) in [4.78, 5) is 59.8. The Morgan fingerprint density at radius 2 is 1.48 bits per heavy atom. The standard InChI is InChI=1S/C19H36N6O6/c1-3-11(2)16(19(30)31)25-18(29)13(7-8-14(22)26)24-17(28)12(6-4-5-9-20)23-15(27)10-21/h11-13,16H,3-10,20-21H2,1-2H3,(H2,22,26)(H,23,27)(H,24,28)(H,25,29)(H,30,31). The van der Waals surface area contributed by atoms with Crippen molar-refractivity contribution in [2.24, 2.45) is 23.1 Å². The largest absolute Gasteiger partial charge is 0.480 e. The number of carboxylic acids is 1. The van der Waals surface area contributed by atoms with Crippen LogP contribution in [0.15, 0.2) is 0 Å². The van der Waals surface area contributed by atoms with Gasteiger partial charge in [-0.1, -0.05) is 20.3 Å². The van der Waals surface area contributed by atoms with Crippen molar-refractivity contribution in [1.82, 2.24) is 16.0 Å². The normalized spacial score (nSPS) is 14.6. The van der Waals surface area contributed by atoms with Crippen molar-refractivity contribution in [2.45, 2.75) is 70.5 Å². The zero-order valence-electron chi connectivity index (χ0n) is 18.2. The fraction of sp³-hybridized carbons (Fsp3) is 0.737. The van der Waals surface area contributed by atoms with E-state index < -0.39 is 47.7 Å². The van der Waals surface area contributed by atoms with E-state index in [4.69, 9.17) is 17.2 Å². The van der Waals surface area contributed by atoms with Crippen LogP contribution in [0.4, 0.5) is 0 Å². The fourth-order valence-corrected chi connectivity index (χ4v) is 2.78. The van der Waals surface area contributed by atoms with Crippen LogP contribution in [0.1, 0.15) is 52.4 Å². The summed E-state index contributed by atoms with van der Waals surface area (Å²) >= 11 is 0. The third-order valence-corrected chi connectivity index (χ3v) is 4.87. The summed E-state index contributed by atoms with van der Waals surface area (Å²) in [5.41, 5.74) is 15.9. The molecule has 4 atom stereocenters. The summed E-state index contributed by atoms with van der Waals surface area (Å²) in [5.74, 6) is -4.21. The van der Waals surface area contributed by atoms with E-state index in [1.165, 1.54) is 0 Å². The first kappa shape index (κ1) is 28.3. The molecule has 4 unspecified atom stereocenters. The number of rotatable bonds is 16. The Morgan fingerprint density at radius 3 is 1.97 bits per heavy atom. The van der Waals surface area contributed by atoms with Crippen LogP contribution in [0.3, 0.4) is 0 Å². The predicted molar refractivity (Wildman–Crippen MR) is 113 cm³/mol. The minimum absolute atomic E-state index is 0.125. The maximum atomic E-state index is 12.7. The van der Waals surface area contributed by atoms with E-state index in [-0.39, 0.29) is 31.7 Å². The Morgan fingerprint density at radius 1 is 0.903 bits per heavy atom. The number of unbranched alkanes of at least 4 members (excludes halogenated alkanes) is 1. The average molecular weight is 445 g/mol. The van der Waals surface area contributed by atoms with Crippen molar-refractivity contribution in [3.8, 4) is 0 Å². The van der Waals surface area contributed by atoms with Gasteiger partial charge in [-0.15, -0.1) is 0 Å². The third-order valence-electron chi connectivity index (χ3n) is 4.87. The molecule has 0 aromatic carbocycles. The van der Waals surface area contributed by atoms with Gasteiger partial charge in [0.15, 0.2) is 0 Å². The first-order valence-electron chi connectivity index (χ1n) is 10.4. The Balaban J connectivity index is 5.44. The second-order valence-electron chi connectivity index (χ2n) is 7.38. The number of carbonyl (C=O) groups excluding carboxylic acids is 4. The molecule has 0 fully saturated rings. The van der Waals surface area contributed by atoms with Crippen LogP contribution in [0, 0.1) is 5.92 Å². The molecule has 0 saturated carbocycles. The number of nitrogens with two attached hydrogens (primary N) is 3. The highest BCUT2D eigenvalue weighted by atomic mass is 16.4. The summed E-state index contributed by atoms with van der Waals surface area (Å²) in [5, 5.41) is 16.8. The first-order chi connectivity index (χ1) is 14.6. The number of primary amides is 1. The van der Waals surface area contributed by atoms with E-state index in [2.05, 4.69) is 16.0 Å². The molecule has 0 aliphatic carbocycles. The van der Waals surface area contributed by atoms with Crippen LogP contribution in [0.5, 0.6) is 0 Å². The maximum Gasteiger partial charge on any atom is 0.326 e. The van der Waals surface area contributed by atoms with Gasteiger partial charge in [-0.2, -0.15) is 0 Å². The van der Waals surface area contributed by atoms with Gasteiger partial charge >= 0.3 is 5.97 Å². The summed E-state index contributed by atoms with van der Waals surface area (Å²) in [6.45, 7) is 3.55. The predicted octanol–water partition coefficient (Wildman–Crippen LogP) is -2.08. The lowest BCUT2D eigenvalue weighted by atomic mass is 9.98. The van der Waals surface area contributed by atoms with Crippen LogP contribution < -0.4 is 33.2 Å². The van der Waals surface area contributed by atoms with Crippen molar-refractivity contribution in [2.75, 3.05) is 13.1 Å². The molecular formula is C19H36N6O6. The van der Waals surface area contributed by atoms with Crippen LogP contribution in [-0.4, -0.2) is 65.9 Å². The quantitative estimate of drug-likeness (QED) is 0.131. The number of hydrogen-bond acceptors (Lipinski definition) is 7. The minimum atomic E-state index is -1.21. The molecule has 0 aliphatic rings. The van der Waals surface area contributed by atoms with Crippen molar-refractivity contribution < 1.29 is 29.1 Å². The molecule has 12 nitrogen and oxygen atoms in total.